The molecule has 0 spiro atoms. The Balaban J connectivity index is 1.27. The van der Waals surface area contributed by atoms with E-state index >= 15 is 0 Å². The number of nitrogen functional groups attached to an aromatic ring is 1. The number of carbonyl (C=O) groups is 1. The minimum absolute atomic E-state index is 0.0560. The van der Waals surface area contributed by atoms with Gasteiger partial charge in [0.05, 0.1) is 48.6 Å². The smallest absolute Gasteiger partial charge is 0.266 e. The molecule has 5 heterocycles. The van der Waals surface area contributed by atoms with Crippen LogP contribution in [-0.4, -0.2) is 77.6 Å². The lowest BCUT2D eigenvalue weighted by Crippen LogP contribution is -2.38. The number of nitrogens with one attached hydrogen (secondary N) is 1. The van der Waals surface area contributed by atoms with Gasteiger partial charge in [-0.15, -0.1) is 5.10 Å². The van der Waals surface area contributed by atoms with Gasteiger partial charge >= 0.3 is 0 Å². The number of anilines is 1. The highest BCUT2D eigenvalue weighted by atomic mass is 16.5. The molecular formula is C32H32N10O3. The van der Waals surface area contributed by atoms with Crippen LogP contribution in [0.5, 0.6) is 0 Å². The maximum atomic E-state index is 14.5. The highest BCUT2D eigenvalue weighted by molar-refractivity contribution is 6.04. The largest absolute Gasteiger partial charge is 0.381 e. The molecule has 45 heavy (non-hydrogen) atoms. The van der Waals surface area contributed by atoms with Crippen molar-refractivity contribution in [2.24, 2.45) is 0 Å². The van der Waals surface area contributed by atoms with E-state index in [4.69, 9.17) is 15.5 Å². The van der Waals surface area contributed by atoms with Crippen molar-refractivity contribution in [3.8, 4) is 16.8 Å². The molecule has 1 saturated heterocycles. The molecule has 3 N–H and O–H groups in total. The first-order valence-electron chi connectivity index (χ1n) is 14.8. The highest BCUT2D eigenvalue weighted by Gasteiger charge is 2.25. The van der Waals surface area contributed by atoms with Gasteiger partial charge in [-0.1, -0.05) is 30.3 Å². The Morgan fingerprint density at radius 3 is 2.71 bits per heavy atom. The zero-order valence-electron chi connectivity index (χ0n) is 24.7. The summed E-state index contributed by atoms with van der Waals surface area (Å²) in [5.74, 6) is -0.0465. The Bertz CT molecular complexity index is 2060. The summed E-state index contributed by atoms with van der Waals surface area (Å²) in [6, 6.07) is 15.9. The zero-order valence-corrected chi connectivity index (χ0v) is 24.7. The summed E-state index contributed by atoms with van der Waals surface area (Å²) >= 11 is 0. The van der Waals surface area contributed by atoms with Gasteiger partial charge < -0.3 is 15.8 Å². The fraction of sp³-hybridized carbons (Fsp3) is 0.250. The number of para-hydroxylation sites is 1. The molecule has 1 aliphatic rings. The van der Waals surface area contributed by atoms with Crippen LogP contribution in [0.15, 0.2) is 84.2 Å². The fourth-order valence-electron chi connectivity index (χ4n) is 5.75. The number of benzene rings is 2. The summed E-state index contributed by atoms with van der Waals surface area (Å²) in [6.07, 6.45) is 6.99. The molecule has 0 aliphatic carbocycles. The van der Waals surface area contributed by atoms with Crippen molar-refractivity contribution in [2.45, 2.75) is 19.5 Å². The van der Waals surface area contributed by atoms with E-state index in [1.165, 1.54) is 4.52 Å². The normalized spacial score (nSPS) is 14.6. The number of nitrogens with two attached hydrogens (primary N) is 1. The third-order valence-corrected chi connectivity index (χ3v) is 8.02. The van der Waals surface area contributed by atoms with Gasteiger partial charge in [0.15, 0.2) is 11.5 Å². The van der Waals surface area contributed by atoms with Crippen molar-refractivity contribution in [3.63, 3.8) is 0 Å². The van der Waals surface area contributed by atoms with E-state index in [1.807, 2.05) is 59.4 Å². The second kappa shape index (κ2) is 11.9. The van der Waals surface area contributed by atoms with Gasteiger partial charge in [-0.2, -0.15) is 5.10 Å². The van der Waals surface area contributed by atoms with Crippen molar-refractivity contribution >= 4 is 28.3 Å². The van der Waals surface area contributed by atoms with E-state index in [1.54, 1.807) is 36.1 Å². The third-order valence-electron chi connectivity index (χ3n) is 8.02. The minimum Gasteiger partial charge on any atom is -0.381 e. The molecule has 6 aromatic rings. The predicted octanol–water partition coefficient (Wildman–Crippen LogP) is 2.70. The molecule has 13 nitrogen and oxygen atoms in total. The molecule has 228 valence electrons. The first-order chi connectivity index (χ1) is 22.0. The fourth-order valence-corrected chi connectivity index (χ4v) is 5.75. The number of nitrogens with zero attached hydrogens (tertiary/aromatic N) is 8. The van der Waals surface area contributed by atoms with Crippen molar-refractivity contribution in [2.75, 3.05) is 38.6 Å². The monoisotopic (exact) mass is 604 g/mol. The molecule has 4 aromatic heterocycles. The first-order valence-corrected chi connectivity index (χ1v) is 14.8. The van der Waals surface area contributed by atoms with Crippen LogP contribution in [0.2, 0.25) is 0 Å². The molecular weight excluding hydrogens is 572 g/mol. The van der Waals surface area contributed by atoms with Crippen molar-refractivity contribution in [1.82, 2.24) is 44.1 Å². The second-order valence-corrected chi connectivity index (χ2v) is 10.9. The van der Waals surface area contributed by atoms with Gasteiger partial charge in [0, 0.05) is 43.8 Å². The predicted molar refractivity (Wildman–Crippen MR) is 169 cm³/mol. The van der Waals surface area contributed by atoms with Crippen molar-refractivity contribution < 1.29 is 9.53 Å². The van der Waals surface area contributed by atoms with Gasteiger partial charge in [-0.3, -0.25) is 23.7 Å². The van der Waals surface area contributed by atoms with E-state index in [0.717, 1.165) is 50.5 Å². The maximum Gasteiger partial charge on any atom is 0.266 e. The van der Waals surface area contributed by atoms with Crippen LogP contribution in [0, 0.1) is 0 Å². The van der Waals surface area contributed by atoms with E-state index in [-0.39, 0.29) is 16.9 Å². The van der Waals surface area contributed by atoms with E-state index in [9.17, 15) is 9.59 Å². The van der Waals surface area contributed by atoms with Crippen molar-refractivity contribution in [1.29, 1.82) is 0 Å². The number of ether oxygens (including phenoxy) is 1. The molecule has 1 fully saturated rings. The van der Waals surface area contributed by atoms with Gasteiger partial charge in [-0.25, -0.2) is 14.5 Å². The summed E-state index contributed by atoms with van der Waals surface area (Å²) in [6.45, 7) is 6.69. The second-order valence-electron chi connectivity index (χ2n) is 10.9. The van der Waals surface area contributed by atoms with E-state index < -0.39 is 11.9 Å². The number of fused-ring (bicyclic) bond motifs is 2. The lowest BCUT2D eigenvalue weighted by atomic mass is 10.0. The number of hydrogen-bond donors (Lipinski definition) is 2. The first kappa shape index (κ1) is 28.4. The lowest BCUT2D eigenvalue weighted by molar-refractivity contribution is 0.0360. The average Bonchev–Trinajstić information content (AvgIpc) is 3.68. The molecule has 0 unspecified atom stereocenters. The molecule has 13 heteroatoms. The van der Waals surface area contributed by atoms with Crippen LogP contribution in [0.4, 0.5) is 5.82 Å². The highest BCUT2D eigenvalue weighted by Crippen LogP contribution is 2.28. The summed E-state index contributed by atoms with van der Waals surface area (Å²) in [5, 5.41) is 12.2. The molecule has 0 saturated carbocycles. The van der Waals surface area contributed by atoms with Crippen LogP contribution in [0.3, 0.4) is 0 Å². The van der Waals surface area contributed by atoms with Crippen molar-refractivity contribution in [3.05, 3.63) is 101 Å². The number of hydrogen-bond acceptors (Lipinski definition) is 9. The quantitative estimate of drug-likeness (QED) is 0.267. The summed E-state index contributed by atoms with van der Waals surface area (Å²) in [5.41, 5.74) is 9.04. The summed E-state index contributed by atoms with van der Waals surface area (Å²) in [4.78, 5) is 39.5. The summed E-state index contributed by atoms with van der Waals surface area (Å²) < 4.78 is 10.4. The topological polar surface area (TPSA) is 150 Å². The van der Waals surface area contributed by atoms with Gasteiger partial charge in [0.1, 0.15) is 11.4 Å². The number of aromatic nitrogens is 7. The Hall–Kier alpha value is -5.40. The molecule has 2 aromatic carbocycles. The molecule has 7 rings (SSSR count). The standard InChI is InChI=1S/C32H32N10O3/c1-21(36-31(43)27-28(33)38-41-12-6-11-34-30(27)41)29-37-25-10-5-9-24(26(25)32(44)42(29)23-7-3-2-4-8-23)22-19-35-40(20-22)14-13-39-15-17-45-18-16-39/h2-12,19-21H,13-18H2,1H3,(H2,33,38)(H,36,43)/t21-/m1/s1. The number of morpholine rings is 1. The maximum absolute atomic E-state index is 14.5. The minimum atomic E-state index is -0.681. The van der Waals surface area contributed by atoms with Crippen LogP contribution >= 0.6 is 0 Å². The van der Waals surface area contributed by atoms with Crippen LogP contribution in [-0.2, 0) is 11.3 Å². The van der Waals surface area contributed by atoms with Crippen LogP contribution < -0.4 is 16.6 Å². The van der Waals surface area contributed by atoms with E-state index in [0.29, 0.717) is 28.1 Å². The Morgan fingerprint density at radius 2 is 1.89 bits per heavy atom. The van der Waals surface area contributed by atoms with Crippen LogP contribution in [0.1, 0.15) is 29.1 Å². The SMILES string of the molecule is C[C@@H](NC(=O)c1c(N)nn2cccnc12)c1nc2cccc(-c3cnn(CCN4CCOCC4)c3)c2c(=O)n1-c1ccccc1. The molecule has 1 atom stereocenters. The molecule has 0 bridgehead atoms. The van der Waals surface area contributed by atoms with Gasteiger partial charge in [-0.05, 0) is 36.8 Å². The number of carbonyl (C=O) groups excluding carboxylic acids is 1. The van der Waals surface area contributed by atoms with Gasteiger partial charge in [0.2, 0.25) is 0 Å². The molecule has 1 amide bonds. The third kappa shape index (κ3) is 5.43. The zero-order chi connectivity index (χ0) is 30.9. The average molecular weight is 605 g/mol. The number of amides is 1. The van der Waals surface area contributed by atoms with Crippen LogP contribution in [0.25, 0.3) is 33.4 Å². The number of rotatable bonds is 8. The molecule has 0 radical (unpaired) electrons. The Labute approximate surface area is 257 Å². The van der Waals surface area contributed by atoms with E-state index in [2.05, 4.69) is 25.4 Å². The van der Waals surface area contributed by atoms with Gasteiger partial charge in [0.25, 0.3) is 11.5 Å². The Morgan fingerprint density at radius 1 is 1.07 bits per heavy atom. The molecule has 1 aliphatic heterocycles. The Kier molecular flexibility index (Phi) is 7.53. The summed E-state index contributed by atoms with van der Waals surface area (Å²) in [7, 11) is 0. The lowest BCUT2D eigenvalue weighted by Gasteiger charge is -2.26.